The highest BCUT2D eigenvalue weighted by atomic mass is 32.1. The van der Waals surface area contributed by atoms with Crippen LogP contribution in [-0.2, 0) is 16.0 Å². The third-order valence-corrected chi connectivity index (χ3v) is 3.57. The number of nitrogens with zero attached hydrogens (tertiary/aromatic N) is 1. The molecule has 2 aromatic rings. The lowest BCUT2D eigenvalue weighted by molar-refractivity contribution is -0.121. The first-order valence-corrected chi connectivity index (χ1v) is 7.63. The number of rotatable bonds is 6. The molecule has 0 unspecified atom stereocenters. The summed E-state index contributed by atoms with van der Waals surface area (Å²) in [6.45, 7) is 2.06. The summed E-state index contributed by atoms with van der Waals surface area (Å²) in [5.41, 5.74) is 1.92. The van der Waals surface area contributed by atoms with E-state index in [1.54, 1.807) is 11.6 Å². The molecule has 0 saturated carbocycles. The lowest BCUT2D eigenvalue weighted by atomic mass is 10.1. The molecule has 1 aromatic carbocycles. The number of benzene rings is 1. The van der Waals surface area contributed by atoms with E-state index in [1.165, 1.54) is 11.3 Å². The summed E-state index contributed by atoms with van der Waals surface area (Å²) in [5.74, 6) is -0.375. The van der Waals surface area contributed by atoms with E-state index in [2.05, 4.69) is 22.5 Å². The van der Waals surface area contributed by atoms with Gasteiger partial charge in [-0.2, -0.15) is 0 Å². The molecule has 2 rings (SSSR count). The number of aryl methyl sites for hydroxylation is 1. The predicted octanol–water partition coefficient (Wildman–Crippen LogP) is 3.06. The Morgan fingerprint density at radius 1 is 1.19 bits per heavy atom. The molecule has 5 nitrogen and oxygen atoms in total. The molecule has 0 fully saturated rings. The number of carbonyl (C=O) groups excluding carboxylic acids is 2. The van der Waals surface area contributed by atoms with Crippen molar-refractivity contribution < 1.29 is 9.59 Å². The molecule has 0 aliphatic rings. The summed E-state index contributed by atoms with van der Waals surface area (Å²) in [4.78, 5) is 27.4. The third kappa shape index (κ3) is 5.00. The highest BCUT2D eigenvalue weighted by Crippen LogP contribution is 2.13. The molecule has 0 radical (unpaired) electrons. The van der Waals surface area contributed by atoms with Gasteiger partial charge in [-0.3, -0.25) is 9.59 Å². The van der Waals surface area contributed by atoms with E-state index in [1.807, 2.05) is 24.3 Å². The van der Waals surface area contributed by atoms with Crippen molar-refractivity contribution >= 4 is 34.0 Å². The van der Waals surface area contributed by atoms with Crippen molar-refractivity contribution in [2.75, 3.05) is 10.6 Å². The second-order valence-electron chi connectivity index (χ2n) is 4.49. The fraction of sp³-hybridized carbons (Fsp3) is 0.267. The van der Waals surface area contributed by atoms with Gasteiger partial charge in [0.2, 0.25) is 11.8 Å². The van der Waals surface area contributed by atoms with Crippen LogP contribution in [0.1, 0.15) is 25.3 Å². The van der Waals surface area contributed by atoms with Crippen LogP contribution in [0.2, 0.25) is 0 Å². The van der Waals surface area contributed by atoms with Crippen LogP contribution >= 0.6 is 11.3 Å². The second kappa shape index (κ2) is 7.54. The van der Waals surface area contributed by atoms with E-state index >= 15 is 0 Å². The number of amides is 2. The predicted molar refractivity (Wildman–Crippen MR) is 84.4 cm³/mol. The lowest BCUT2D eigenvalue weighted by Crippen LogP contribution is -2.17. The first kappa shape index (κ1) is 15.2. The maximum Gasteiger partial charge on any atom is 0.226 e. The van der Waals surface area contributed by atoms with Crippen LogP contribution in [0.25, 0.3) is 0 Å². The molecule has 21 heavy (non-hydrogen) atoms. The number of anilines is 2. The second-order valence-corrected chi connectivity index (χ2v) is 5.38. The van der Waals surface area contributed by atoms with Gasteiger partial charge >= 0.3 is 0 Å². The van der Waals surface area contributed by atoms with Crippen molar-refractivity contribution in [1.29, 1.82) is 0 Å². The van der Waals surface area contributed by atoms with Crippen LogP contribution < -0.4 is 10.6 Å². The normalized spacial score (nSPS) is 10.1. The molecule has 0 atom stereocenters. The monoisotopic (exact) mass is 303 g/mol. The Morgan fingerprint density at radius 3 is 2.62 bits per heavy atom. The summed E-state index contributed by atoms with van der Waals surface area (Å²) in [5, 5.41) is 7.78. The number of nitrogens with one attached hydrogen (secondary N) is 2. The molecule has 0 saturated heterocycles. The van der Waals surface area contributed by atoms with Gasteiger partial charge in [-0.1, -0.05) is 19.1 Å². The third-order valence-electron chi connectivity index (χ3n) is 2.88. The average molecular weight is 303 g/mol. The van der Waals surface area contributed by atoms with Crippen LogP contribution in [0.15, 0.2) is 35.8 Å². The fourth-order valence-electron chi connectivity index (χ4n) is 1.79. The quantitative estimate of drug-likeness (QED) is 0.861. The number of hydrogen-bond donors (Lipinski definition) is 2. The highest BCUT2D eigenvalue weighted by Gasteiger charge is 2.08. The number of hydrogen-bond acceptors (Lipinski definition) is 4. The highest BCUT2D eigenvalue weighted by molar-refractivity contribution is 7.13. The van der Waals surface area contributed by atoms with Crippen molar-refractivity contribution in [2.24, 2.45) is 0 Å². The Labute approximate surface area is 127 Å². The van der Waals surface area contributed by atoms with Gasteiger partial charge in [0.25, 0.3) is 0 Å². The smallest absolute Gasteiger partial charge is 0.226 e. The Hall–Kier alpha value is -2.21. The zero-order valence-corrected chi connectivity index (χ0v) is 12.6. The number of aromatic nitrogens is 1. The van der Waals surface area contributed by atoms with Gasteiger partial charge in [-0.25, -0.2) is 4.98 Å². The molecule has 2 N–H and O–H groups in total. The molecule has 110 valence electrons. The standard InChI is InChI=1S/C15H17N3O2S/c1-2-11-4-3-5-12(10-11)17-13(19)6-7-14(20)18-15-16-8-9-21-15/h3-5,8-10H,2,6-7H2,1H3,(H,17,19)(H,16,18,20). The Balaban J connectivity index is 1.77. The van der Waals surface area contributed by atoms with E-state index in [0.29, 0.717) is 5.13 Å². The zero-order chi connectivity index (χ0) is 15.1. The Morgan fingerprint density at radius 2 is 1.95 bits per heavy atom. The molecular weight excluding hydrogens is 286 g/mol. The molecule has 2 amide bonds. The molecule has 0 bridgehead atoms. The van der Waals surface area contributed by atoms with Gasteiger partial charge in [0.1, 0.15) is 0 Å². The molecule has 0 spiro atoms. The minimum atomic E-state index is -0.206. The van der Waals surface area contributed by atoms with Gasteiger partial charge in [0.15, 0.2) is 5.13 Å². The summed E-state index contributed by atoms with van der Waals surface area (Å²) in [7, 11) is 0. The maximum atomic E-state index is 11.8. The van der Waals surface area contributed by atoms with Crippen LogP contribution in [0.4, 0.5) is 10.8 Å². The van der Waals surface area contributed by atoms with Gasteiger partial charge < -0.3 is 10.6 Å². The van der Waals surface area contributed by atoms with Crippen LogP contribution in [0.5, 0.6) is 0 Å². The van der Waals surface area contributed by atoms with E-state index < -0.39 is 0 Å². The number of carbonyl (C=O) groups is 2. The largest absolute Gasteiger partial charge is 0.326 e. The first-order valence-electron chi connectivity index (χ1n) is 6.75. The van der Waals surface area contributed by atoms with Crippen LogP contribution in [0.3, 0.4) is 0 Å². The van der Waals surface area contributed by atoms with Gasteiger partial charge in [0.05, 0.1) is 0 Å². The Bertz CT molecular complexity index is 611. The topological polar surface area (TPSA) is 71.1 Å². The van der Waals surface area contributed by atoms with E-state index in [9.17, 15) is 9.59 Å². The molecule has 1 heterocycles. The van der Waals surface area contributed by atoms with Crippen molar-refractivity contribution in [1.82, 2.24) is 4.98 Å². The molecular formula is C15H17N3O2S. The Kier molecular flexibility index (Phi) is 5.45. The summed E-state index contributed by atoms with van der Waals surface area (Å²) in [6, 6.07) is 7.70. The minimum Gasteiger partial charge on any atom is -0.326 e. The summed E-state index contributed by atoms with van der Waals surface area (Å²) < 4.78 is 0. The van der Waals surface area contributed by atoms with Gasteiger partial charge in [-0.05, 0) is 24.1 Å². The minimum absolute atomic E-state index is 0.138. The number of thiazole rings is 1. The molecule has 1 aromatic heterocycles. The summed E-state index contributed by atoms with van der Waals surface area (Å²) in [6.07, 6.45) is 2.82. The van der Waals surface area contributed by atoms with Crippen LogP contribution in [0, 0.1) is 0 Å². The SMILES string of the molecule is CCc1cccc(NC(=O)CCC(=O)Nc2nccs2)c1. The zero-order valence-electron chi connectivity index (χ0n) is 11.8. The van der Waals surface area contributed by atoms with Crippen molar-refractivity contribution in [3.8, 4) is 0 Å². The van der Waals surface area contributed by atoms with E-state index in [0.717, 1.165) is 17.7 Å². The van der Waals surface area contributed by atoms with E-state index in [-0.39, 0.29) is 24.7 Å². The average Bonchev–Trinajstić information content (AvgIpc) is 2.98. The summed E-state index contributed by atoms with van der Waals surface area (Å²) >= 11 is 1.35. The van der Waals surface area contributed by atoms with Crippen molar-refractivity contribution in [3.05, 3.63) is 41.4 Å². The molecule has 0 aliphatic carbocycles. The first-order chi connectivity index (χ1) is 10.2. The van der Waals surface area contributed by atoms with Crippen molar-refractivity contribution in [3.63, 3.8) is 0 Å². The van der Waals surface area contributed by atoms with Gasteiger partial charge in [0, 0.05) is 30.1 Å². The van der Waals surface area contributed by atoms with E-state index in [4.69, 9.17) is 0 Å². The van der Waals surface area contributed by atoms with Crippen molar-refractivity contribution in [2.45, 2.75) is 26.2 Å². The van der Waals surface area contributed by atoms with Crippen LogP contribution in [-0.4, -0.2) is 16.8 Å². The lowest BCUT2D eigenvalue weighted by Gasteiger charge is -2.06. The molecule has 6 heteroatoms. The van der Waals surface area contributed by atoms with Gasteiger partial charge in [-0.15, -0.1) is 11.3 Å². The fourth-order valence-corrected chi connectivity index (χ4v) is 2.33. The maximum absolute atomic E-state index is 11.8. The molecule has 0 aliphatic heterocycles.